The lowest BCUT2D eigenvalue weighted by molar-refractivity contribution is -0.229. The first-order valence-electron chi connectivity index (χ1n) is 6.34. The minimum Gasteiger partial charge on any atom is -0.457 e. The Labute approximate surface area is 102 Å². The van der Waals surface area contributed by atoms with Crippen molar-refractivity contribution in [2.75, 3.05) is 19.8 Å². The van der Waals surface area contributed by atoms with Gasteiger partial charge in [-0.3, -0.25) is 0 Å². The molecule has 4 heteroatoms. The van der Waals surface area contributed by atoms with Gasteiger partial charge in [-0.15, -0.1) is 0 Å². The molecule has 4 nitrogen and oxygen atoms in total. The Bertz CT molecular complexity index is 275. The summed E-state index contributed by atoms with van der Waals surface area (Å²) in [6, 6.07) is 0. The third-order valence-corrected chi connectivity index (χ3v) is 3.59. The van der Waals surface area contributed by atoms with E-state index in [9.17, 15) is 4.79 Å². The summed E-state index contributed by atoms with van der Waals surface area (Å²) in [5.74, 6) is -0.769. The van der Waals surface area contributed by atoms with Gasteiger partial charge in [0.05, 0.1) is 13.2 Å². The third-order valence-electron chi connectivity index (χ3n) is 3.59. The molecule has 1 saturated carbocycles. The summed E-state index contributed by atoms with van der Waals surface area (Å²) in [6.45, 7) is 4.74. The monoisotopic (exact) mass is 240 g/mol. The zero-order valence-corrected chi connectivity index (χ0v) is 10.2. The Balaban J connectivity index is 1.98. The van der Waals surface area contributed by atoms with E-state index in [-0.39, 0.29) is 6.61 Å². The quantitative estimate of drug-likeness (QED) is 0.557. The Hall–Kier alpha value is -0.870. The Kier molecular flexibility index (Phi) is 4.18. The normalized spacial score (nSPS) is 24.5. The molecule has 0 N–H and O–H groups in total. The average Bonchev–Trinajstić information content (AvgIpc) is 2.87. The molecule has 0 bridgehead atoms. The van der Waals surface area contributed by atoms with Crippen LogP contribution in [0.4, 0.5) is 0 Å². The fourth-order valence-corrected chi connectivity index (χ4v) is 2.68. The summed E-state index contributed by atoms with van der Waals surface area (Å²) in [4.78, 5) is 11.1. The van der Waals surface area contributed by atoms with E-state index in [1.807, 2.05) is 0 Å². The van der Waals surface area contributed by atoms with Crippen LogP contribution >= 0.6 is 0 Å². The molecule has 1 aliphatic heterocycles. The van der Waals surface area contributed by atoms with E-state index in [1.165, 1.54) is 25.3 Å². The van der Waals surface area contributed by atoms with Crippen molar-refractivity contribution in [1.29, 1.82) is 0 Å². The van der Waals surface area contributed by atoms with Crippen LogP contribution in [0, 0.1) is 5.92 Å². The van der Waals surface area contributed by atoms with Crippen LogP contribution in [0.2, 0.25) is 0 Å². The SMILES string of the molecule is C=CC(=O)OCC1(C2CCCCC2)OCCO1. The van der Waals surface area contributed by atoms with E-state index in [0.29, 0.717) is 19.1 Å². The van der Waals surface area contributed by atoms with Crippen LogP contribution in [0.1, 0.15) is 32.1 Å². The van der Waals surface area contributed by atoms with Gasteiger partial charge in [0.2, 0.25) is 5.79 Å². The summed E-state index contributed by atoms with van der Waals surface area (Å²) in [6.07, 6.45) is 7.03. The number of rotatable bonds is 4. The van der Waals surface area contributed by atoms with Crippen molar-refractivity contribution in [1.82, 2.24) is 0 Å². The maximum Gasteiger partial charge on any atom is 0.330 e. The van der Waals surface area contributed by atoms with E-state index in [1.54, 1.807) is 0 Å². The van der Waals surface area contributed by atoms with E-state index >= 15 is 0 Å². The molecule has 0 spiro atoms. The van der Waals surface area contributed by atoms with Gasteiger partial charge in [0, 0.05) is 12.0 Å². The standard InChI is InChI=1S/C13H20O4/c1-2-12(14)15-10-13(16-8-9-17-13)11-6-4-3-5-7-11/h2,11H,1,3-10H2. The van der Waals surface area contributed by atoms with Crippen LogP contribution in [-0.4, -0.2) is 31.6 Å². The first-order chi connectivity index (χ1) is 8.27. The minimum absolute atomic E-state index is 0.183. The molecule has 1 aliphatic carbocycles. The second-order valence-electron chi connectivity index (χ2n) is 4.66. The van der Waals surface area contributed by atoms with Crippen molar-refractivity contribution in [3.05, 3.63) is 12.7 Å². The van der Waals surface area contributed by atoms with Crippen LogP contribution < -0.4 is 0 Å². The summed E-state index contributed by atoms with van der Waals surface area (Å²) < 4.78 is 16.6. The number of hydrogen-bond acceptors (Lipinski definition) is 4. The Morgan fingerprint density at radius 3 is 2.53 bits per heavy atom. The van der Waals surface area contributed by atoms with Gasteiger partial charge >= 0.3 is 5.97 Å². The molecule has 0 aromatic rings. The number of esters is 1. The second-order valence-corrected chi connectivity index (χ2v) is 4.66. The molecule has 0 aromatic carbocycles. The number of hydrogen-bond donors (Lipinski definition) is 0. The van der Waals surface area contributed by atoms with E-state index in [4.69, 9.17) is 14.2 Å². The molecule has 2 fully saturated rings. The van der Waals surface area contributed by atoms with Gasteiger partial charge in [-0.05, 0) is 12.8 Å². The van der Waals surface area contributed by atoms with Crippen molar-refractivity contribution in [2.45, 2.75) is 37.9 Å². The fourth-order valence-electron chi connectivity index (χ4n) is 2.68. The summed E-state index contributed by atoms with van der Waals surface area (Å²) in [5.41, 5.74) is 0. The number of ether oxygens (including phenoxy) is 3. The predicted octanol–water partition coefficient (Wildman–Crippen LogP) is 2.04. The van der Waals surface area contributed by atoms with Crippen LogP contribution in [0.15, 0.2) is 12.7 Å². The maximum atomic E-state index is 11.1. The van der Waals surface area contributed by atoms with Crippen molar-refractivity contribution in [3.63, 3.8) is 0 Å². The summed E-state index contributed by atoms with van der Waals surface area (Å²) >= 11 is 0. The van der Waals surface area contributed by atoms with Crippen molar-refractivity contribution >= 4 is 5.97 Å². The molecule has 0 atom stereocenters. The predicted molar refractivity (Wildman–Crippen MR) is 62.4 cm³/mol. The lowest BCUT2D eigenvalue weighted by atomic mass is 9.83. The highest BCUT2D eigenvalue weighted by Gasteiger charge is 2.45. The summed E-state index contributed by atoms with van der Waals surface area (Å²) in [5, 5.41) is 0. The largest absolute Gasteiger partial charge is 0.457 e. The molecule has 0 aromatic heterocycles. The van der Waals surface area contributed by atoms with Crippen LogP contribution in [0.25, 0.3) is 0 Å². The fraction of sp³-hybridized carbons (Fsp3) is 0.769. The molecule has 2 aliphatic rings. The second kappa shape index (κ2) is 5.65. The smallest absolute Gasteiger partial charge is 0.330 e. The molecular formula is C13H20O4. The van der Waals surface area contributed by atoms with E-state index < -0.39 is 11.8 Å². The van der Waals surface area contributed by atoms with Gasteiger partial charge in [-0.25, -0.2) is 4.79 Å². The van der Waals surface area contributed by atoms with Crippen LogP contribution in [-0.2, 0) is 19.0 Å². The molecule has 1 saturated heterocycles. The van der Waals surface area contributed by atoms with Crippen molar-refractivity contribution in [2.24, 2.45) is 5.92 Å². The zero-order valence-electron chi connectivity index (χ0n) is 10.2. The van der Waals surface area contributed by atoms with E-state index in [0.717, 1.165) is 12.8 Å². The number of carbonyl (C=O) groups excluding carboxylic acids is 1. The Morgan fingerprint density at radius 1 is 1.29 bits per heavy atom. The summed E-state index contributed by atoms with van der Waals surface area (Å²) in [7, 11) is 0. The number of carbonyl (C=O) groups is 1. The average molecular weight is 240 g/mol. The lowest BCUT2D eigenvalue weighted by Gasteiger charge is -2.37. The lowest BCUT2D eigenvalue weighted by Crippen LogP contribution is -2.45. The van der Waals surface area contributed by atoms with E-state index in [2.05, 4.69) is 6.58 Å². The highest BCUT2D eigenvalue weighted by Crippen LogP contribution is 2.38. The third kappa shape index (κ3) is 2.87. The van der Waals surface area contributed by atoms with Crippen molar-refractivity contribution < 1.29 is 19.0 Å². The van der Waals surface area contributed by atoms with Gasteiger partial charge < -0.3 is 14.2 Å². The van der Waals surface area contributed by atoms with Crippen LogP contribution in [0.3, 0.4) is 0 Å². The minimum atomic E-state index is -0.695. The molecule has 0 unspecified atom stereocenters. The molecule has 0 radical (unpaired) electrons. The molecule has 0 amide bonds. The molecule has 96 valence electrons. The van der Waals surface area contributed by atoms with Crippen LogP contribution in [0.5, 0.6) is 0 Å². The van der Waals surface area contributed by atoms with Gasteiger partial charge in [0.1, 0.15) is 6.61 Å². The van der Waals surface area contributed by atoms with Gasteiger partial charge in [0.25, 0.3) is 0 Å². The Morgan fingerprint density at radius 2 is 1.94 bits per heavy atom. The molecule has 1 heterocycles. The molecule has 17 heavy (non-hydrogen) atoms. The first kappa shape index (κ1) is 12.6. The zero-order chi connectivity index (χ0) is 12.1. The maximum absolute atomic E-state index is 11.1. The van der Waals surface area contributed by atoms with Gasteiger partial charge in [-0.2, -0.15) is 0 Å². The van der Waals surface area contributed by atoms with Crippen molar-refractivity contribution in [3.8, 4) is 0 Å². The highest BCUT2D eigenvalue weighted by atomic mass is 16.8. The van der Waals surface area contributed by atoms with Gasteiger partial charge in [0.15, 0.2) is 0 Å². The van der Waals surface area contributed by atoms with Gasteiger partial charge in [-0.1, -0.05) is 25.8 Å². The highest BCUT2D eigenvalue weighted by molar-refractivity contribution is 5.81. The molecule has 2 rings (SSSR count). The topological polar surface area (TPSA) is 44.8 Å². The first-order valence-corrected chi connectivity index (χ1v) is 6.34. The molecular weight excluding hydrogens is 220 g/mol.